The standard InChI is InChI=1S/C24H26O3.2C18H20O2.C15H16O2/c1-23(2,16-5-10-19(25)11-6-16)18-9-14-22(27)21(15-18)24(3,4)17-7-12-20(26)13-8-17;1-17(2)12-18(3,13-8-10-14(19)11-9-13)15-6-4-5-7-16(15)20-17;1-17(2)12-18(3,13-8-10-14(19)11-9-13)20-16-7-5-4-6-15(16)17;1-15(2,11-7-9-12(16)10-8-11)13-5-3-4-6-14(13)17/h5-15,25-27H,1-4H3;2*4-11,19H,12H2,1-3H3;3-10,16-17H,1-2H3. The number of rotatable bonds is 8. The minimum Gasteiger partial charge on any atom is -0.508 e. The van der Waals surface area contributed by atoms with E-state index in [1.54, 1.807) is 72.8 Å². The number of benzene rings is 9. The fourth-order valence-corrected chi connectivity index (χ4v) is 12.2. The van der Waals surface area contributed by atoms with Crippen molar-refractivity contribution in [2.75, 3.05) is 0 Å². The molecule has 0 saturated heterocycles. The SMILES string of the molecule is CC(C)(c1ccc(O)cc1)c1ccc(O)c(C(C)(C)c2ccc(O)cc2)c1.CC(C)(c1ccc(O)cc1)c1ccccc1O.CC1(C)CC(C)(c2ccc(O)cc2)Oc2ccccc21.CC1(C)CC(C)(c2ccc(O)cc2)c2ccccc2O1. The average Bonchev–Trinajstić information content (AvgIpc) is 2.82. The van der Waals surface area contributed by atoms with Gasteiger partial charge in [0.15, 0.2) is 0 Å². The van der Waals surface area contributed by atoms with Crippen LogP contribution in [0, 0.1) is 0 Å². The molecule has 0 amide bonds. The summed E-state index contributed by atoms with van der Waals surface area (Å²) in [5.74, 6) is 3.77. The van der Waals surface area contributed by atoms with Crippen LogP contribution in [0.4, 0.5) is 0 Å². The van der Waals surface area contributed by atoms with Gasteiger partial charge in [0, 0.05) is 51.2 Å². The Balaban J connectivity index is 0.000000148. The lowest BCUT2D eigenvalue weighted by Crippen LogP contribution is -2.43. The first kappa shape index (κ1) is 61.3. The summed E-state index contributed by atoms with van der Waals surface area (Å²) < 4.78 is 12.4. The van der Waals surface area contributed by atoms with Gasteiger partial charge in [-0.15, -0.1) is 0 Å². The zero-order chi connectivity index (χ0) is 61.0. The summed E-state index contributed by atoms with van der Waals surface area (Å²) in [5.41, 5.74) is 9.07. The van der Waals surface area contributed by atoms with Crippen molar-refractivity contribution in [3.63, 3.8) is 0 Å². The van der Waals surface area contributed by atoms with Crippen molar-refractivity contribution >= 4 is 0 Å². The number of ether oxygens (including phenoxy) is 2. The molecule has 2 aliphatic heterocycles. The summed E-state index contributed by atoms with van der Waals surface area (Å²) in [7, 11) is 0. The fourth-order valence-electron chi connectivity index (χ4n) is 12.2. The second-order valence-electron chi connectivity index (χ2n) is 25.6. The van der Waals surface area contributed by atoms with Crippen molar-refractivity contribution in [3.05, 3.63) is 268 Å². The molecule has 2 heterocycles. The van der Waals surface area contributed by atoms with Crippen LogP contribution in [0.1, 0.15) is 152 Å². The van der Waals surface area contributed by atoms with Crippen LogP contribution >= 0.6 is 0 Å². The third-order valence-corrected chi connectivity index (χ3v) is 17.1. The number of phenols is 7. The Bertz CT molecular complexity index is 3670. The fraction of sp³-hybridized carbons (Fsp3) is 0.280. The number of hydrogen-bond donors (Lipinski definition) is 7. The molecule has 9 heteroatoms. The predicted octanol–water partition coefficient (Wildman–Crippen LogP) is 17.5. The van der Waals surface area contributed by atoms with E-state index in [9.17, 15) is 35.7 Å². The second kappa shape index (κ2) is 23.8. The molecule has 0 radical (unpaired) electrons. The van der Waals surface area contributed by atoms with Crippen LogP contribution in [0.5, 0.6) is 51.7 Å². The van der Waals surface area contributed by atoms with Gasteiger partial charge < -0.3 is 45.2 Å². The Morgan fingerprint density at radius 2 is 0.702 bits per heavy atom. The number of hydrogen-bond acceptors (Lipinski definition) is 9. The molecular formula is C75H82O9. The molecule has 11 rings (SSSR count). The number of fused-ring (bicyclic) bond motifs is 2. The summed E-state index contributed by atoms with van der Waals surface area (Å²) in [6, 6.07) is 65.8. The van der Waals surface area contributed by atoms with E-state index in [4.69, 9.17) is 9.47 Å². The largest absolute Gasteiger partial charge is 0.508 e. The molecule has 2 aliphatic rings. The van der Waals surface area contributed by atoms with Gasteiger partial charge in [-0.25, -0.2) is 0 Å². The zero-order valence-electron chi connectivity index (χ0n) is 50.6. The molecule has 9 aromatic carbocycles. The Morgan fingerprint density at radius 1 is 0.333 bits per heavy atom. The smallest absolute Gasteiger partial charge is 0.132 e. The molecule has 0 saturated carbocycles. The van der Waals surface area contributed by atoms with Gasteiger partial charge in [0.1, 0.15) is 62.9 Å². The van der Waals surface area contributed by atoms with E-state index in [0.29, 0.717) is 11.5 Å². The van der Waals surface area contributed by atoms with Gasteiger partial charge in [-0.2, -0.15) is 0 Å². The van der Waals surface area contributed by atoms with Gasteiger partial charge >= 0.3 is 0 Å². The van der Waals surface area contributed by atoms with Gasteiger partial charge in [0.2, 0.25) is 0 Å². The number of para-hydroxylation sites is 3. The predicted molar refractivity (Wildman–Crippen MR) is 337 cm³/mol. The highest BCUT2D eigenvalue weighted by Crippen LogP contribution is 2.51. The molecule has 0 fully saturated rings. The van der Waals surface area contributed by atoms with E-state index in [1.807, 2.05) is 109 Å². The highest BCUT2D eigenvalue weighted by Gasteiger charge is 2.44. The lowest BCUT2D eigenvalue weighted by Gasteiger charge is -2.44. The van der Waals surface area contributed by atoms with Gasteiger partial charge in [-0.3, -0.25) is 0 Å². The van der Waals surface area contributed by atoms with Crippen molar-refractivity contribution in [2.24, 2.45) is 0 Å². The van der Waals surface area contributed by atoms with Crippen molar-refractivity contribution in [1.82, 2.24) is 0 Å². The van der Waals surface area contributed by atoms with Gasteiger partial charge in [0.25, 0.3) is 0 Å². The molecule has 0 spiro atoms. The monoisotopic (exact) mass is 1130 g/mol. The van der Waals surface area contributed by atoms with Gasteiger partial charge in [0.05, 0.1) is 0 Å². The third kappa shape index (κ3) is 13.3. The lowest BCUT2D eigenvalue weighted by molar-refractivity contribution is 0.0324. The first-order valence-corrected chi connectivity index (χ1v) is 28.6. The summed E-state index contributed by atoms with van der Waals surface area (Å²) in [4.78, 5) is 0. The van der Waals surface area contributed by atoms with Crippen LogP contribution in [0.2, 0.25) is 0 Å². The minimum atomic E-state index is -0.432. The lowest BCUT2D eigenvalue weighted by atomic mass is 9.68. The van der Waals surface area contributed by atoms with Crippen LogP contribution in [-0.4, -0.2) is 41.3 Å². The van der Waals surface area contributed by atoms with Crippen LogP contribution in [0.15, 0.2) is 212 Å². The maximum absolute atomic E-state index is 10.6. The number of aromatic hydroxyl groups is 7. The van der Waals surface area contributed by atoms with Crippen molar-refractivity contribution in [3.8, 4) is 51.7 Å². The molecular weight excluding hydrogens is 1040 g/mol. The third-order valence-electron chi connectivity index (χ3n) is 17.1. The van der Waals surface area contributed by atoms with E-state index in [1.165, 1.54) is 16.7 Å². The quantitative estimate of drug-likeness (QED) is 0.0786. The summed E-state index contributed by atoms with van der Waals surface area (Å²) in [5, 5.41) is 67.9. The van der Waals surface area contributed by atoms with Crippen LogP contribution in [-0.2, 0) is 32.7 Å². The van der Waals surface area contributed by atoms with E-state index in [0.717, 1.165) is 63.3 Å². The van der Waals surface area contributed by atoms with Crippen molar-refractivity contribution in [1.29, 1.82) is 0 Å². The summed E-state index contributed by atoms with van der Waals surface area (Å²) in [6.07, 6.45) is 1.81. The highest BCUT2D eigenvalue weighted by atomic mass is 16.5. The molecule has 9 aromatic rings. The maximum Gasteiger partial charge on any atom is 0.132 e. The maximum atomic E-state index is 10.6. The summed E-state index contributed by atoms with van der Waals surface area (Å²) >= 11 is 0. The molecule has 2 atom stereocenters. The second-order valence-corrected chi connectivity index (χ2v) is 25.6. The highest BCUT2D eigenvalue weighted by molar-refractivity contribution is 5.53. The molecule has 0 aliphatic carbocycles. The first-order valence-electron chi connectivity index (χ1n) is 28.6. The Morgan fingerprint density at radius 3 is 1.19 bits per heavy atom. The first-order chi connectivity index (χ1) is 39.4. The zero-order valence-corrected chi connectivity index (χ0v) is 50.6. The average molecular weight is 1130 g/mol. The van der Waals surface area contributed by atoms with E-state index in [-0.39, 0.29) is 61.6 Å². The topological polar surface area (TPSA) is 160 Å². The van der Waals surface area contributed by atoms with E-state index in [2.05, 4.69) is 113 Å². The molecule has 0 bridgehead atoms. The normalized spacial score (nSPS) is 17.5. The molecule has 9 nitrogen and oxygen atoms in total. The molecule has 7 N–H and O–H groups in total. The van der Waals surface area contributed by atoms with Crippen LogP contribution in [0.25, 0.3) is 0 Å². The Kier molecular flexibility index (Phi) is 17.4. The Labute approximate surface area is 496 Å². The van der Waals surface area contributed by atoms with Crippen LogP contribution < -0.4 is 9.47 Å². The van der Waals surface area contributed by atoms with Crippen molar-refractivity contribution < 1.29 is 45.2 Å². The molecule has 2 unspecified atom stereocenters. The molecule has 0 aromatic heterocycles. The van der Waals surface area contributed by atoms with E-state index >= 15 is 0 Å². The van der Waals surface area contributed by atoms with Gasteiger partial charge in [-0.1, -0.05) is 190 Å². The van der Waals surface area contributed by atoms with Crippen LogP contribution in [0.3, 0.4) is 0 Å². The summed E-state index contributed by atoms with van der Waals surface area (Å²) in [6.45, 7) is 25.6. The van der Waals surface area contributed by atoms with Gasteiger partial charge in [-0.05, 0) is 150 Å². The van der Waals surface area contributed by atoms with E-state index < -0.39 is 5.41 Å². The molecule has 84 heavy (non-hydrogen) atoms. The minimum absolute atomic E-state index is 0.0570. The Hall–Kier alpha value is -8.82. The molecule has 436 valence electrons. The number of phenolic OH excluding ortho intramolecular Hbond substituents is 7. The van der Waals surface area contributed by atoms with Crippen molar-refractivity contribution in [2.45, 2.75) is 134 Å².